The molecule has 0 bridgehead atoms. The first kappa shape index (κ1) is 8.74. The highest BCUT2D eigenvalue weighted by Crippen LogP contribution is 2.40. The van der Waals surface area contributed by atoms with Gasteiger partial charge in [0, 0.05) is 6.42 Å². The maximum atomic E-state index is 11.4. The van der Waals surface area contributed by atoms with Gasteiger partial charge in [-0.15, -0.1) is 0 Å². The molecule has 0 heterocycles. The van der Waals surface area contributed by atoms with Crippen molar-refractivity contribution in [1.29, 1.82) is 0 Å². The summed E-state index contributed by atoms with van der Waals surface area (Å²) in [6, 6.07) is 0. The summed E-state index contributed by atoms with van der Waals surface area (Å²) in [6.07, 6.45) is 7.34. The zero-order valence-electron chi connectivity index (χ0n) is 7.26. The van der Waals surface area contributed by atoms with Crippen molar-refractivity contribution in [1.82, 2.24) is 0 Å². The van der Waals surface area contributed by atoms with Gasteiger partial charge in [-0.3, -0.25) is 4.79 Å². The maximum absolute atomic E-state index is 11.4. The fraction of sp³-hybridized carbons (Fsp3) is 0.900. The third kappa shape index (κ3) is 1.59. The van der Waals surface area contributed by atoms with Crippen LogP contribution >= 0.6 is 15.9 Å². The van der Waals surface area contributed by atoms with Crippen LogP contribution in [0.25, 0.3) is 0 Å². The highest BCUT2D eigenvalue weighted by Gasteiger charge is 2.35. The fourth-order valence-electron chi connectivity index (χ4n) is 2.65. The van der Waals surface area contributed by atoms with Crippen LogP contribution in [0.1, 0.15) is 38.5 Å². The lowest BCUT2D eigenvalue weighted by molar-refractivity contribution is -0.122. The van der Waals surface area contributed by atoms with E-state index in [0.29, 0.717) is 5.78 Å². The van der Waals surface area contributed by atoms with E-state index in [1.807, 2.05) is 0 Å². The molecule has 2 fully saturated rings. The molecule has 0 aromatic heterocycles. The van der Waals surface area contributed by atoms with Crippen molar-refractivity contribution in [2.24, 2.45) is 11.8 Å². The normalized spacial score (nSPS) is 42.4. The number of fused-ring (bicyclic) bond motifs is 1. The van der Waals surface area contributed by atoms with Gasteiger partial charge in [-0.25, -0.2) is 0 Å². The molecule has 3 atom stereocenters. The van der Waals surface area contributed by atoms with Crippen LogP contribution in [0.15, 0.2) is 0 Å². The van der Waals surface area contributed by atoms with Crippen LogP contribution in [-0.4, -0.2) is 10.6 Å². The monoisotopic (exact) mass is 230 g/mol. The van der Waals surface area contributed by atoms with Crippen LogP contribution in [0.2, 0.25) is 0 Å². The molecule has 0 saturated heterocycles. The zero-order chi connectivity index (χ0) is 8.55. The highest BCUT2D eigenvalue weighted by atomic mass is 79.9. The fourth-order valence-corrected chi connectivity index (χ4v) is 3.31. The minimum Gasteiger partial charge on any atom is -0.298 e. The van der Waals surface area contributed by atoms with Crippen molar-refractivity contribution >= 4 is 21.7 Å². The van der Waals surface area contributed by atoms with E-state index in [0.717, 1.165) is 24.7 Å². The van der Waals surface area contributed by atoms with E-state index >= 15 is 0 Å². The Bertz CT molecular complexity index is 190. The Balaban J connectivity index is 2.02. The number of hydrogen-bond acceptors (Lipinski definition) is 1. The lowest BCUT2D eigenvalue weighted by Gasteiger charge is -2.36. The van der Waals surface area contributed by atoms with Gasteiger partial charge in [0.1, 0.15) is 5.78 Å². The van der Waals surface area contributed by atoms with Crippen LogP contribution in [-0.2, 0) is 4.79 Å². The Morgan fingerprint density at radius 2 is 1.83 bits per heavy atom. The number of Topliss-reactive ketones (excluding diaryl/α,β-unsaturated/α-hetero) is 1. The summed E-state index contributed by atoms with van der Waals surface area (Å²) in [5.41, 5.74) is 0. The van der Waals surface area contributed by atoms with Gasteiger partial charge in [-0.2, -0.15) is 0 Å². The molecule has 0 N–H and O–H groups in total. The van der Waals surface area contributed by atoms with Crippen LogP contribution in [0.3, 0.4) is 0 Å². The summed E-state index contributed by atoms with van der Waals surface area (Å²) >= 11 is 3.47. The number of rotatable bonds is 0. The summed E-state index contributed by atoms with van der Waals surface area (Å²) < 4.78 is 0. The Labute approximate surface area is 82.0 Å². The van der Waals surface area contributed by atoms with E-state index in [1.165, 1.54) is 25.7 Å². The summed E-state index contributed by atoms with van der Waals surface area (Å²) in [5, 5.41) is 0. The molecule has 2 saturated carbocycles. The molecule has 0 aromatic carbocycles. The van der Waals surface area contributed by atoms with Crippen molar-refractivity contribution in [2.75, 3.05) is 0 Å². The average Bonchev–Trinajstić information content (AvgIpc) is 2.07. The molecule has 2 rings (SSSR count). The van der Waals surface area contributed by atoms with E-state index in [1.54, 1.807) is 0 Å². The second kappa shape index (κ2) is 3.49. The third-order valence-electron chi connectivity index (χ3n) is 3.39. The molecule has 0 radical (unpaired) electrons. The van der Waals surface area contributed by atoms with Crippen LogP contribution in [0, 0.1) is 11.8 Å². The molecule has 2 heteroatoms. The van der Waals surface area contributed by atoms with E-state index in [4.69, 9.17) is 0 Å². The van der Waals surface area contributed by atoms with Crippen molar-refractivity contribution in [2.45, 2.75) is 43.4 Å². The molecule has 2 aliphatic carbocycles. The lowest BCUT2D eigenvalue weighted by atomic mass is 9.70. The molecule has 0 aliphatic heterocycles. The molecule has 2 aliphatic rings. The first-order valence-electron chi connectivity index (χ1n) is 4.94. The van der Waals surface area contributed by atoms with Gasteiger partial charge in [0.15, 0.2) is 0 Å². The molecular formula is C10H15BrO. The maximum Gasteiger partial charge on any atom is 0.146 e. The smallest absolute Gasteiger partial charge is 0.146 e. The molecule has 1 nitrogen and oxygen atoms in total. The standard InChI is InChI=1S/C10H15BrO/c11-9-5-7-3-1-2-4-8(7)6-10(9)12/h7-9H,1-6H2. The molecule has 0 aromatic rings. The van der Waals surface area contributed by atoms with E-state index < -0.39 is 0 Å². The van der Waals surface area contributed by atoms with Crippen LogP contribution in [0.5, 0.6) is 0 Å². The zero-order valence-corrected chi connectivity index (χ0v) is 8.85. The second-order valence-corrected chi connectivity index (χ2v) is 5.28. The predicted octanol–water partition coefficient (Wildman–Crippen LogP) is 2.92. The second-order valence-electron chi connectivity index (χ2n) is 4.18. The number of ketones is 1. The summed E-state index contributed by atoms with van der Waals surface area (Å²) in [5.74, 6) is 2.03. The Morgan fingerprint density at radius 1 is 1.17 bits per heavy atom. The first-order chi connectivity index (χ1) is 5.77. The Morgan fingerprint density at radius 3 is 2.58 bits per heavy atom. The van der Waals surface area contributed by atoms with E-state index in [-0.39, 0.29) is 4.83 Å². The van der Waals surface area contributed by atoms with Crippen LogP contribution < -0.4 is 0 Å². The van der Waals surface area contributed by atoms with Crippen molar-refractivity contribution in [3.63, 3.8) is 0 Å². The quantitative estimate of drug-likeness (QED) is 0.586. The minimum absolute atomic E-state index is 0.178. The third-order valence-corrected chi connectivity index (χ3v) is 4.27. The molecule has 3 unspecified atom stereocenters. The van der Waals surface area contributed by atoms with Gasteiger partial charge in [0.25, 0.3) is 0 Å². The van der Waals surface area contributed by atoms with Crippen molar-refractivity contribution in [3.8, 4) is 0 Å². The Hall–Kier alpha value is 0.150. The van der Waals surface area contributed by atoms with Gasteiger partial charge in [0.2, 0.25) is 0 Å². The Kier molecular flexibility index (Phi) is 2.54. The van der Waals surface area contributed by atoms with Gasteiger partial charge in [0.05, 0.1) is 4.83 Å². The predicted molar refractivity (Wildman–Crippen MR) is 52.4 cm³/mol. The topological polar surface area (TPSA) is 17.1 Å². The number of carbonyl (C=O) groups is 1. The summed E-state index contributed by atoms with van der Waals surface area (Å²) in [7, 11) is 0. The number of hydrogen-bond donors (Lipinski definition) is 0. The number of alkyl halides is 1. The van der Waals surface area contributed by atoms with Crippen molar-refractivity contribution in [3.05, 3.63) is 0 Å². The number of halogens is 1. The lowest BCUT2D eigenvalue weighted by Crippen LogP contribution is -2.34. The van der Waals surface area contributed by atoms with Gasteiger partial charge >= 0.3 is 0 Å². The first-order valence-corrected chi connectivity index (χ1v) is 5.85. The van der Waals surface area contributed by atoms with E-state index in [9.17, 15) is 4.79 Å². The van der Waals surface area contributed by atoms with E-state index in [2.05, 4.69) is 15.9 Å². The molecular weight excluding hydrogens is 216 g/mol. The highest BCUT2D eigenvalue weighted by molar-refractivity contribution is 9.10. The molecule has 0 spiro atoms. The number of carbonyl (C=O) groups excluding carboxylic acids is 1. The SMILES string of the molecule is O=C1CC2CCCCC2CC1Br. The average molecular weight is 231 g/mol. The summed E-state index contributed by atoms with van der Waals surface area (Å²) in [6.45, 7) is 0. The summed E-state index contributed by atoms with van der Waals surface area (Å²) in [4.78, 5) is 11.6. The van der Waals surface area contributed by atoms with Gasteiger partial charge < -0.3 is 0 Å². The molecule has 68 valence electrons. The largest absolute Gasteiger partial charge is 0.298 e. The molecule has 12 heavy (non-hydrogen) atoms. The van der Waals surface area contributed by atoms with Gasteiger partial charge in [-0.05, 0) is 24.7 Å². The molecule has 0 amide bonds. The van der Waals surface area contributed by atoms with Crippen LogP contribution in [0.4, 0.5) is 0 Å². The minimum atomic E-state index is 0.178. The van der Waals surface area contributed by atoms with Gasteiger partial charge in [-0.1, -0.05) is 35.2 Å². The van der Waals surface area contributed by atoms with Crippen molar-refractivity contribution < 1.29 is 4.79 Å².